The third kappa shape index (κ3) is 2.39. The molecule has 0 aliphatic carbocycles. The minimum atomic E-state index is -0.450. The van der Waals surface area contributed by atoms with Crippen molar-refractivity contribution in [2.75, 3.05) is 6.61 Å². The third-order valence-corrected chi connectivity index (χ3v) is 3.41. The molecule has 1 fully saturated rings. The van der Waals surface area contributed by atoms with Gasteiger partial charge in [0.15, 0.2) is 0 Å². The maximum absolute atomic E-state index is 11.3. The summed E-state index contributed by atoms with van der Waals surface area (Å²) >= 11 is 3.36. The Kier molecular flexibility index (Phi) is 3.03. The van der Waals surface area contributed by atoms with E-state index in [4.69, 9.17) is 4.74 Å². The van der Waals surface area contributed by atoms with E-state index >= 15 is 0 Å². The van der Waals surface area contributed by atoms with Crippen LogP contribution in [0.4, 0.5) is 4.79 Å². The van der Waals surface area contributed by atoms with E-state index in [2.05, 4.69) is 21.2 Å². The smallest absolute Gasteiger partial charge is 0.407 e. The maximum atomic E-state index is 11.3. The minimum Gasteiger partial charge on any atom is -0.508 e. The van der Waals surface area contributed by atoms with Crippen LogP contribution < -0.4 is 5.32 Å². The molecule has 1 aliphatic rings. The molecule has 1 amide bonds. The molecule has 0 spiro atoms. The van der Waals surface area contributed by atoms with Crippen molar-refractivity contribution in [1.29, 1.82) is 0 Å². The summed E-state index contributed by atoms with van der Waals surface area (Å²) in [7, 11) is 0. The van der Waals surface area contributed by atoms with Gasteiger partial charge in [-0.3, -0.25) is 0 Å². The van der Waals surface area contributed by atoms with Gasteiger partial charge in [-0.2, -0.15) is 0 Å². The van der Waals surface area contributed by atoms with Gasteiger partial charge in [0.25, 0.3) is 0 Å². The van der Waals surface area contributed by atoms with Crippen LogP contribution >= 0.6 is 15.9 Å². The molecule has 1 aromatic rings. The fraction of sp³-hybridized carbons (Fsp3) is 0.417. The first kappa shape index (κ1) is 12.2. The summed E-state index contributed by atoms with van der Waals surface area (Å²) in [4.78, 5) is 11.3. The van der Waals surface area contributed by atoms with Gasteiger partial charge < -0.3 is 15.2 Å². The number of aromatic hydroxyl groups is 1. The van der Waals surface area contributed by atoms with Crippen molar-refractivity contribution in [3.8, 4) is 5.75 Å². The molecular weight excluding hydrogens is 286 g/mol. The Morgan fingerprint density at radius 3 is 2.94 bits per heavy atom. The quantitative estimate of drug-likeness (QED) is 0.838. The Balaban J connectivity index is 2.42. The molecule has 2 N–H and O–H groups in total. The largest absolute Gasteiger partial charge is 0.508 e. The molecule has 17 heavy (non-hydrogen) atoms. The Hall–Kier alpha value is -1.23. The average Bonchev–Trinajstić information content (AvgIpc) is 2.26. The summed E-state index contributed by atoms with van der Waals surface area (Å²) in [6.45, 7) is 4.30. The molecule has 0 aromatic heterocycles. The highest BCUT2D eigenvalue weighted by Gasteiger charge is 2.39. The summed E-state index contributed by atoms with van der Waals surface area (Å²) in [5, 5.41) is 12.6. The molecule has 1 aromatic carbocycles. The topological polar surface area (TPSA) is 58.6 Å². The van der Waals surface area contributed by atoms with Gasteiger partial charge in [0.05, 0.1) is 6.04 Å². The Morgan fingerprint density at radius 2 is 2.24 bits per heavy atom. The van der Waals surface area contributed by atoms with Gasteiger partial charge in [-0.05, 0) is 18.2 Å². The number of hydrogen-bond acceptors (Lipinski definition) is 3. The number of amides is 1. The zero-order chi connectivity index (χ0) is 12.6. The van der Waals surface area contributed by atoms with Gasteiger partial charge in [-0.25, -0.2) is 4.79 Å². The van der Waals surface area contributed by atoms with Crippen molar-refractivity contribution < 1.29 is 14.6 Å². The number of carbonyl (C=O) groups is 1. The number of ether oxygens (including phenoxy) is 1. The molecule has 1 saturated heterocycles. The SMILES string of the molecule is CC1(C)COC(=O)N[C@H]1c1cc(Br)ccc1O. The van der Waals surface area contributed by atoms with E-state index < -0.39 is 6.09 Å². The van der Waals surface area contributed by atoms with Crippen LogP contribution in [0.3, 0.4) is 0 Å². The second-order valence-electron chi connectivity index (χ2n) is 4.85. The lowest BCUT2D eigenvalue weighted by atomic mass is 9.80. The van der Waals surface area contributed by atoms with Gasteiger partial charge in [-0.15, -0.1) is 0 Å². The molecule has 4 nitrogen and oxygen atoms in total. The molecule has 2 rings (SSSR count). The molecule has 92 valence electrons. The number of hydrogen-bond donors (Lipinski definition) is 2. The lowest BCUT2D eigenvalue weighted by molar-refractivity contribution is 0.0381. The van der Waals surface area contributed by atoms with E-state index in [1.807, 2.05) is 19.9 Å². The molecule has 0 saturated carbocycles. The molecule has 0 unspecified atom stereocenters. The van der Waals surface area contributed by atoms with Crippen molar-refractivity contribution in [2.24, 2.45) is 5.41 Å². The van der Waals surface area contributed by atoms with Crippen LogP contribution in [0, 0.1) is 5.41 Å². The average molecular weight is 300 g/mol. The third-order valence-electron chi connectivity index (χ3n) is 2.92. The van der Waals surface area contributed by atoms with Crippen LogP contribution in [-0.4, -0.2) is 17.8 Å². The van der Waals surface area contributed by atoms with Crippen LogP contribution in [0.15, 0.2) is 22.7 Å². The van der Waals surface area contributed by atoms with Gasteiger partial charge in [0.1, 0.15) is 12.4 Å². The van der Waals surface area contributed by atoms with E-state index in [1.165, 1.54) is 0 Å². The Labute approximate surface area is 108 Å². The maximum Gasteiger partial charge on any atom is 0.407 e. The first-order valence-corrected chi connectivity index (χ1v) is 6.11. The summed E-state index contributed by atoms with van der Waals surface area (Å²) in [5.74, 6) is 0.175. The zero-order valence-electron chi connectivity index (χ0n) is 9.66. The molecule has 1 aliphatic heterocycles. The normalized spacial score (nSPS) is 22.8. The predicted octanol–water partition coefficient (Wildman–Crippen LogP) is 2.96. The van der Waals surface area contributed by atoms with Crippen LogP contribution in [0.5, 0.6) is 5.75 Å². The summed E-state index contributed by atoms with van der Waals surface area (Å²) in [6, 6.07) is 4.92. The van der Waals surface area contributed by atoms with Crippen LogP contribution in [0.2, 0.25) is 0 Å². The number of phenolic OH excluding ortho intramolecular Hbond substituents is 1. The molecule has 1 atom stereocenters. The highest BCUT2D eigenvalue weighted by Crippen LogP contribution is 2.40. The lowest BCUT2D eigenvalue weighted by Gasteiger charge is -2.38. The van der Waals surface area contributed by atoms with E-state index in [0.717, 1.165) is 4.47 Å². The zero-order valence-corrected chi connectivity index (χ0v) is 11.2. The van der Waals surface area contributed by atoms with Crippen molar-refractivity contribution in [1.82, 2.24) is 5.32 Å². The van der Waals surface area contributed by atoms with E-state index in [0.29, 0.717) is 12.2 Å². The number of halogens is 1. The first-order valence-electron chi connectivity index (χ1n) is 5.32. The lowest BCUT2D eigenvalue weighted by Crippen LogP contribution is -2.46. The van der Waals surface area contributed by atoms with Crippen LogP contribution in [0.25, 0.3) is 0 Å². The number of nitrogens with one attached hydrogen (secondary N) is 1. The number of carbonyl (C=O) groups excluding carboxylic acids is 1. The molecular formula is C12H14BrNO3. The summed E-state index contributed by atoms with van der Waals surface area (Å²) in [6.07, 6.45) is -0.450. The second-order valence-corrected chi connectivity index (χ2v) is 5.76. The fourth-order valence-electron chi connectivity index (χ4n) is 1.95. The Morgan fingerprint density at radius 1 is 1.53 bits per heavy atom. The second kappa shape index (κ2) is 4.22. The van der Waals surface area contributed by atoms with Crippen molar-refractivity contribution in [3.63, 3.8) is 0 Å². The van der Waals surface area contributed by atoms with Gasteiger partial charge in [-0.1, -0.05) is 29.8 Å². The van der Waals surface area contributed by atoms with Gasteiger partial charge in [0.2, 0.25) is 0 Å². The molecule has 5 heteroatoms. The van der Waals surface area contributed by atoms with Crippen LogP contribution in [-0.2, 0) is 4.74 Å². The summed E-state index contributed by atoms with van der Waals surface area (Å²) < 4.78 is 5.83. The van der Waals surface area contributed by atoms with Crippen molar-refractivity contribution >= 4 is 22.0 Å². The minimum absolute atomic E-state index is 0.175. The number of benzene rings is 1. The molecule has 1 heterocycles. The van der Waals surface area contributed by atoms with E-state index in [-0.39, 0.29) is 17.2 Å². The number of phenols is 1. The highest BCUT2D eigenvalue weighted by molar-refractivity contribution is 9.10. The van der Waals surface area contributed by atoms with E-state index in [1.54, 1.807) is 12.1 Å². The summed E-state index contributed by atoms with van der Waals surface area (Å²) in [5.41, 5.74) is 0.424. The van der Waals surface area contributed by atoms with Crippen LogP contribution in [0.1, 0.15) is 25.5 Å². The predicted molar refractivity (Wildman–Crippen MR) is 66.8 cm³/mol. The standard InChI is InChI=1S/C12H14BrNO3/c1-12(2)6-17-11(16)14-10(12)8-5-7(13)3-4-9(8)15/h3-5,10,15H,6H2,1-2H3,(H,14,16)/t10-/m0/s1. The Bertz CT molecular complexity index is 459. The number of alkyl carbamates (subject to hydrolysis) is 1. The van der Waals surface area contributed by atoms with Gasteiger partial charge in [0, 0.05) is 15.5 Å². The first-order chi connectivity index (χ1) is 7.90. The number of cyclic esters (lactones) is 1. The molecule has 0 radical (unpaired) electrons. The van der Waals surface area contributed by atoms with Gasteiger partial charge >= 0.3 is 6.09 Å². The monoisotopic (exact) mass is 299 g/mol. The fourth-order valence-corrected chi connectivity index (χ4v) is 2.32. The molecule has 0 bridgehead atoms. The van der Waals surface area contributed by atoms with Crippen molar-refractivity contribution in [2.45, 2.75) is 19.9 Å². The van der Waals surface area contributed by atoms with Crippen molar-refractivity contribution in [3.05, 3.63) is 28.2 Å². The number of rotatable bonds is 1. The highest BCUT2D eigenvalue weighted by atomic mass is 79.9. The van der Waals surface area contributed by atoms with E-state index in [9.17, 15) is 9.90 Å².